The van der Waals surface area contributed by atoms with Gasteiger partial charge in [-0.15, -0.1) is 0 Å². The van der Waals surface area contributed by atoms with Crippen LogP contribution in [0.1, 0.15) is 24.5 Å². The molecule has 4 nitrogen and oxygen atoms in total. The van der Waals surface area contributed by atoms with Gasteiger partial charge in [-0.3, -0.25) is 4.79 Å². The van der Waals surface area contributed by atoms with Crippen molar-refractivity contribution >= 4 is 5.91 Å². The summed E-state index contributed by atoms with van der Waals surface area (Å²) in [4.78, 5) is 11.6. The Morgan fingerprint density at radius 1 is 1.32 bits per heavy atom. The highest BCUT2D eigenvalue weighted by atomic mass is 16.5. The van der Waals surface area contributed by atoms with Crippen LogP contribution in [-0.2, 0) is 4.79 Å². The van der Waals surface area contributed by atoms with Crippen molar-refractivity contribution in [3.8, 4) is 5.75 Å². The van der Waals surface area contributed by atoms with Crippen LogP contribution in [-0.4, -0.2) is 25.6 Å². The summed E-state index contributed by atoms with van der Waals surface area (Å²) in [6.07, 6.45) is 0.365. The Balaban J connectivity index is 2.28. The molecule has 1 atom stereocenters. The zero-order chi connectivity index (χ0) is 14.3. The maximum atomic E-state index is 11.6. The summed E-state index contributed by atoms with van der Waals surface area (Å²) in [5, 5.41) is 2.84. The van der Waals surface area contributed by atoms with E-state index in [9.17, 15) is 4.79 Å². The molecule has 0 aliphatic heterocycles. The number of rotatable bonds is 7. The van der Waals surface area contributed by atoms with Crippen molar-refractivity contribution in [3.05, 3.63) is 29.3 Å². The van der Waals surface area contributed by atoms with Crippen LogP contribution in [0.4, 0.5) is 0 Å². The normalized spacial score (nSPS) is 12.0. The van der Waals surface area contributed by atoms with Crippen LogP contribution in [0.3, 0.4) is 0 Å². The average molecular weight is 264 g/mol. The minimum Gasteiger partial charge on any atom is -0.493 e. The van der Waals surface area contributed by atoms with E-state index in [0.29, 0.717) is 32.0 Å². The molecule has 0 aliphatic carbocycles. The van der Waals surface area contributed by atoms with Crippen molar-refractivity contribution in [1.29, 1.82) is 0 Å². The Morgan fingerprint density at radius 3 is 2.53 bits per heavy atom. The van der Waals surface area contributed by atoms with Gasteiger partial charge in [0.15, 0.2) is 0 Å². The molecule has 1 aromatic rings. The Hall–Kier alpha value is -1.55. The fraction of sp³-hybridized carbons (Fsp3) is 0.533. The second-order valence-electron chi connectivity index (χ2n) is 5.07. The molecule has 19 heavy (non-hydrogen) atoms. The number of hydrogen-bond acceptors (Lipinski definition) is 3. The van der Waals surface area contributed by atoms with E-state index < -0.39 is 0 Å². The van der Waals surface area contributed by atoms with Gasteiger partial charge < -0.3 is 15.8 Å². The molecule has 0 bridgehead atoms. The number of benzene rings is 1. The molecular weight excluding hydrogens is 240 g/mol. The Labute approximate surface area is 115 Å². The molecule has 0 saturated carbocycles. The Kier molecular flexibility index (Phi) is 6.36. The lowest BCUT2D eigenvalue weighted by molar-refractivity contribution is -0.121. The lowest BCUT2D eigenvalue weighted by atomic mass is 10.1. The Morgan fingerprint density at radius 2 is 1.95 bits per heavy atom. The molecule has 0 aromatic heterocycles. The van der Waals surface area contributed by atoms with Crippen molar-refractivity contribution < 1.29 is 9.53 Å². The Bertz CT molecular complexity index is 398. The third-order valence-electron chi connectivity index (χ3n) is 2.84. The van der Waals surface area contributed by atoms with Gasteiger partial charge in [0, 0.05) is 6.54 Å². The summed E-state index contributed by atoms with van der Waals surface area (Å²) >= 11 is 0. The van der Waals surface area contributed by atoms with Crippen molar-refractivity contribution in [2.75, 3.05) is 19.7 Å². The third kappa shape index (κ3) is 6.25. The second-order valence-corrected chi connectivity index (χ2v) is 5.07. The minimum atomic E-state index is 0.00433. The van der Waals surface area contributed by atoms with Gasteiger partial charge in [0.2, 0.25) is 5.91 Å². The predicted molar refractivity (Wildman–Crippen MR) is 77.3 cm³/mol. The third-order valence-corrected chi connectivity index (χ3v) is 2.84. The van der Waals surface area contributed by atoms with Crippen LogP contribution < -0.4 is 15.8 Å². The number of ether oxygens (including phenoxy) is 1. The molecule has 0 aliphatic rings. The predicted octanol–water partition coefficient (Wildman–Crippen LogP) is 1.78. The van der Waals surface area contributed by atoms with Gasteiger partial charge in [0.05, 0.1) is 13.0 Å². The van der Waals surface area contributed by atoms with Crippen molar-refractivity contribution in [3.63, 3.8) is 0 Å². The number of hydrogen-bond donors (Lipinski definition) is 2. The molecule has 0 saturated heterocycles. The molecule has 1 rings (SSSR count). The van der Waals surface area contributed by atoms with E-state index in [4.69, 9.17) is 10.5 Å². The van der Waals surface area contributed by atoms with Gasteiger partial charge in [-0.2, -0.15) is 0 Å². The standard InChI is InChI=1S/C15H24N2O2/c1-11-6-12(2)8-14(7-11)19-5-4-15(18)17-10-13(3)9-16/h6-8,13H,4-5,9-10,16H2,1-3H3,(H,17,18). The topological polar surface area (TPSA) is 64.3 Å². The molecular formula is C15H24N2O2. The van der Waals surface area contributed by atoms with Crippen LogP contribution in [0.5, 0.6) is 5.75 Å². The summed E-state index contributed by atoms with van der Waals surface area (Å²) in [6, 6.07) is 6.04. The van der Waals surface area contributed by atoms with Gasteiger partial charge >= 0.3 is 0 Å². The monoisotopic (exact) mass is 264 g/mol. The van der Waals surface area contributed by atoms with Gasteiger partial charge in [-0.1, -0.05) is 13.0 Å². The highest BCUT2D eigenvalue weighted by Gasteiger charge is 2.05. The van der Waals surface area contributed by atoms with Gasteiger partial charge in [0.1, 0.15) is 5.75 Å². The quantitative estimate of drug-likeness (QED) is 0.789. The highest BCUT2D eigenvalue weighted by molar-refractivity contribution is 5.75. The summed E-state index contributed by atoms with van der Waals surface area (Å²) in [7, 11) is 0. The number of nitrogens with two attached hydrogens (primary N) is 1. The average Bonchev–Trinajstić information content (AvgIpc) is 2.34. The van der Waals surface area contributed by atoms with E-state index in [0.717, 1.165) is 16.9 Å². The first-order valence-electron chi connectivity index (χ1n) is 6.69. The molecule has 3 N–H and O–H groups in total. The fourth-order valence-corrected chi connectivity index (χ4v) is 1.74. The summed E-state index contributed by atoms with van der Waals surface area (Å²) in [6.45, 7) is 7.66. The summed E-state index contributed by atoms with van der Waals surface area (Å²) < 4.78 is 5.59. The largest absolute Gasteiger partial charge is 0.493 e. The SMILES string of the molecule is Cc1cc(C)cc(OCCC(=O)NCC(C)CN)c1. The second kappa shape index (κ2) is 7.79. The molecule has 1 unspecified atom stereocenters. The number of carbonyl (C=O) groups is 1. The molecule has 4 heteroatoms. The zero-order valence-corrected chi connectivity index (χ0v) is 12.0. The highest BCUT2D eigenvalue weighted by Crippen LogP contribution is 2.16. The first-order chi connectivity index (χ1) is 9.01. The van der Waals surface area contributed by atoms with Crippen molar-refractivity contribution in [1.82, 2.24) is 5.32 Å². The van der Waals surface area contributed by atoms with E-state index in [-0.39, 0.29) is 5.91 Å². The molecule has 106 valence electrons. The van der Waals surface area contributed by atoms with Crippen LogP contribution in [0.2, 0.25) is 0 Å². The first-order valence-corrected chi connectivity index (χ1v) is 6.69. The van der Waals surface area contributed by atoms with E-state index in [1.807, 2.05) is 32.9 Å². The number of carbonyl (C=O) groups excluding carboxylic acids is 1. The van der Waals surface area contributed by atoms with Crippen LogP contribution in [0.15, 0.2) is 18.2 Å². The molecule has 0 heterocycles. The van der Waals surface area contributed by atoms with E-state index >= 15 is 0 Å². The van der Waals surface area contributed by atoms with Crippen molar-refractivity contribution in [2.24, 2.45) is 11.7 Å². The van der Waals surface area contributed by atoms with Crippen LogP contribution >= 0.6 is 0 Å². The van der Waals surface area contributed by atoms with Gasteiger partial charge in [0.25, 0.3) is 0 Å². The smallest absolute Gasteiger partial charge is 0.223 e. The minimum absolute atomic E-state index is 0.00433. The number of nitrogens with one attached hydrogen (secondary N) is 1. The molecule has 0 spiro atoms. The fourth-order valence-electron chi connectivity index (χ4n) is 1.74. The van der Waals surface area contributed by atoms with Crippen molar-refractivity contribution in [2.45, 2.75) is 27.2 Å². The summed E-state index contributed by atoms with van der Waals surface area (Å²) in [5.74, 6) is 1.13. The van der Waals surface area contributed by atoms with E-state index in [2.05, 4.69) is 11.4 Å². The van der Waals surface area contributed by atoms with Crippen LogP contribution in [0, 0.1) is 19.8 Å². The number of amides is 1. The molecule has 0 fully saturated rings. The number of aryl methyl sites for hydroxylation is 2. The summed E-state index contributed by atoms with van der Waals surface area (Å²) in [5.41, 5.74) is 7.81. The van der Waals surface area contributed by atoms with Crippen LogP contribution in [0.25, 0.3) is 0 Å². The first kappa shape index (κ1) is 15.5. The zero-order valence-electron chi connectivity index (χ0n) is 12.0. The molecule has 1 aromatic carbocycles. The maximum absolute atomic E-state index is 11.6. The van der Waals surface area contributed by atoms with E-state index in [1.165, 1.54) is 0 Å². The lowest BCUT2D eigenvalue weighted by Gasteiger charge is -2.11. The molecule has 1 amide bonds. The van der Waals surface area contributed by atoms with Gasteiger partial charge in [-0.25, -0.2) is 0 Å². The lowest BCUT2D eigenvalue weighted by Crippen LogP contribution is -2.31. The van der Waals surface area contributed by atoms with E-state index in [1.54, 1.807) is 0 Å². The van der Waals surface area contributed by atoms with Gasteiger partial charge in [-0.05, 0) is 49.6 Å². The molecule has 0 radical (unpaired) electrons. The maximum Gasteiger partial charge on any atom is 0.223 e.